The number of ether oxygens (including phenoxy) is 1. The average Bonchev–Trinajstić information content (AvgIpc) is 2.67. The maximum Gasteiger partial charge on any atom is 0.225 e. The first-order chi connectivity index (χ1) is 13.6. The molecular formula is C22H28N2O4. The molecule has 6 nitrogen and oxygen atoms in total. The zero-order valence-electron chi connectivity index (χ0n) is 16.0. The summed E-state index contributed by atoms with van der Waals surface area (Å²) in [5.74, 6) is 0.177. The van der Waals surface area contributed by atoms with Gasteiger partial charge in [-0.15, -0.1) is 0 Å². The normalized spacial score (nSPS) is 27.0. The number of nitrogens with one attached hydrogen (secondary N) is 1. The van der Waals surface area contributed by atoms with Gasteiger partial charge in [0.15, 0.2) is 0 Å². The van der Waals surface area contributed by atoms with Crippen LogP contribution in [0.15, 0.2) is 36.4 Å². The van der Waals surface area contributed by atoms with E-state index in [2.05, 4.69) is 17.4 Å². The van der Waals surface area contributed by atoms with Crippen molar-refractivity contribution in [3.8, 4) is 0 Å². The lowest BCUT2D eigenvalue weighted by atomic mass is 9.84. The number of amides is 2. The topological polar surface area (TPSA) is 78.9 Å². The largest absolute Gasteiger partial charge is 0.394 e. The fraction of sp³-hybridized carbons (Fsp3) is 0.545. The fourth-order valence-electron chi connectivity index (χ4n) is 4.10. The van der Waals surface area contributed by atoms with E-state index in [4.69, 9.17) is 4.74 Å². The van der Waals surface area contributed by atoms with Crippen molar-refractivity contribution in [2.45, 2.75) is 56.9 Å². The Kier molecular flexibility index (Phi) is 5.78. The molecule has 0 radical (unpaired) electrons. The number of carbonyl (C=O) groups is 2. The molecule has 3 aliphatic rings. The van der Waals surface area contributed by atoms with Crippen molar-refractivity contribution in [1.29, 1.82) is 0 Å². The number of fused-ring (bicyclic) bond motifs is 1. The number of hydrogen-bond donors (Lipinski definition) is 2. The van der Waals surface area contributed by atoms with Crippen molar-refractivity contribution < 1.29 is 19.4 Å². The van der Waals surface area contributed by atoms with Crippen molar-refractivity contribution >= 4 is 11.8 Å². The van der Waals surface area contributed by atoms with Crippen LogP contribution < -0.4 is 5.32 Å². The summed E-state index contributed by atoms with van der Waals surface area (Å²) in [7, 11) is 0. The molecule has 1 fully saturated rings. The van der Waals surface area contributed by atoms with Crippen LogP contribution in [-0.4, -0.2) is 53.2 Å². The van der Waals surface area contributed by atoms with E-state index in [-0.39, 0.29) is 42.9 Å². The lowest BCUT2D eigenvalue weighted by Crippen LogP contribution is -2.51. The molecule has 3 atom stereocenters. The van der Waals surface area contributed by atoms with Crippen LogP contribution in [0, 0.1) is 5.92 Å². The van der Waals surface area contributed by atoms with Crippen molar-refractivity contribution in [2.24, 2.45) is 5.92 Å². The third-order valence-electron chi connectivity index (χ3n) is 6.11. The van der Waals surface area contributed by atoms with Gasteiger partial charge in [0.05, 0.1) is 25.2 Å². The Labute approximate surface area is 165 Å². The zero-order valence-corrected chi connectivity index (χ0v) is 16.0. The number of hydrogen-bond acceptors (Lipinski definition) is 4. The number of carbonyl (C=O) groups excluding carboxylic acids is 2. The second kappa shape index (κ2) is 8.45. The summed E-state index contributed by atoms with van der Waals surface area (Å²) in [5, 5.41) is 12.7. The molecule has 0 spiro atoms. The summed E-state index contributed by atoms with van der Waals surface area (Å²) < 4.78 is 5.91. The number of aliphatic hydroxyl groups is 1. The summed E-state index contributed by atoms with van der Waals surface area (Å²) >= 11 is 0. The first-order valence-corrected chi connectivity index (χ1v) is 10.2. The first-order valence-electron chi connectivity index (χ1n) is 10.2. The molecule has 0 saturated heterocycles. The van der Waals surface area contributed by atoms with Gasteiger partial charge in [0.2, 0.25) is 11.8 Å². The Morgan fingerprint density at radius 2 is 1.96 bits per heavy atom. The molecule has 2 N–H and O–H groups in total. The van der Waals surface area contributed by atoms with E-state index in [1.807, 2.05) is 29.2 Å². The van der Waals surface area contributed by atoms with Crippen molar-refractivity contribution in [3.63, 3.8) is 0 Å². The molecule has 1 saturated carbocycles. The quantitative estimate of drug-likeness (QED) is 0.756. The van der Waals surface area contributed by atoms with Crippen LogP contribution in [0.4, 0.5) is 0 Å². The second-order valence-corrected chi connectivity index (χ2v) is 7.98. The Morgan fingerprint density at radius 1 is 1.18 bits per heavy atom. The molecule has 0 bridgehead atoms. The highest BCUT2D eigenvalue weighted by Crippen LogP contribution is 2.27. The smallest absolute Gasteiger partial charge is 0.225 e. The van der Waals surface area contributed by atoms with E-state index in [1.165, 1.54) is 11.1 Å². The molecule has 0 unspecified atom stereocenters. The van der Waals surface area contributed by atoms with E-state index in [1.54, 1.807) is 0 Å². The predicted octanol–water partition coefficient (Wildman–Crippen LogP) is 1.56. The van der Waals surface area contributed by atoms with Gasteiger partial charge >= 0.3 is 0 Å². The summed E-state index contributed by atoms with van der Waals surface area (Å²) in [6.45, 7) is 1.16. The molecule has 1 aromatic rings. The Balaban J connectivity index is 1.33. The van der Waals surface area contributed by atoms with Crippen molar-refractivity contribution in [3.05, 3.63) is 47.5 Å². The molecule has 1 aromatic carbocycles. The maximum absolute atomic E-state index is 12.7. The Hall–Kier alpha value is -2.18. The summed E-state index contributed by atoms with van der Waals surface area (Å²) in [6.07, 6.45) is 6.90. The van der Waals surface area contributed by atoms with Gasteiger partial charge in [0.1, 0.15) is 6.10 Å². The molecule has 4 rings (SSSR count). The molecular weight excluding hydrogens is 356 g/mol. The minimum absolute atomic E-state index is 0.0319. The zero-order chi connectivity index (χ0) is 19.5. The first kappa shape index (κ1) is 19.2. The van der Waals surface area contributed by atoms with Gasteiger partial charge in [-0.3, -0.25) is 9.59 Å². The number of aliphatic hydroxyl groups excluding tert-OH is 1. The van der Waals surface area contributed by atoms with E-state index < -0.39 is 6.10 Å². The van der Waals surface area contributed by atoms with Crippen LogP contribution in [0.25, 0.3) is 0 Å². The SMILES string of the molecule is O=C(N[C@H]1C=C[C@H](CC(=O)N2CCc3ccccc3C2)O[C@H]1CO)C1CCC1. The van der Waals surface area contributed by atoms with Gasteiger partial charge in [0, 0.05) is 19.0 Å². The molecule has 28 heavy (non-hydrogen) atoms. The number of benzene rings is 1. The molecule has 150 valence electrons. The summed E-state index contributed by atoms with van der Waals surface area (Å²) in [4.78, 5) is 26.8. The molecule has 2 heterocycles. The van der Waals surface area contributed by atoms with Crippen LogP contribution in [0.5, 0.6) is 0 Å². The van der Waals surface area contributed by atoms with Gasteiger partial charge in [0.25, 0.3) is 0 Å². The van der Waals surface area contributed by atoms with Crippen LogP contribution in [0.2, 0.25) is 0 Å². The third kappa shape index (κ3) is 4.13. The van der Waals surface area contributed by atoms with Crippen LogP contribution in [0.3, 0.4) is 0 Å². The summed E-state index contributed by atoms with van der Waals surface area (Å²) in [6, 6.07) is 7.89. The molecule has 2 aliphatic heterocycles. The monoisotopic (exact) mass is 384 g/mol. The molecule has 6 heteroatoms. The van der Waals surface area contributed by atoms with E-state index >= 15 is 0 Å². The van der Waals surface area contributed by atoms with E-state index in [0.717, 1.165) is 32.2 Å². The van der Waals surface area contributed by atoms with Gasteiger partial charge in [-0.2, -0.15) is 0 Å². The maximum atomic E-state index is 12.7. The fourth-order valence-corrected chi connectivity index (χ4v) is 4.10. The minimum Gasteiger partial charge on any atom is -0.394 e. The molecule has 0 aromatic heterocycles. The van der Waals surface area contributed by atoms with Crippen LogP contribution in [-0.2, 0) is 27.3 Å². The number of nitrogens with zero attached hydrogens (tertiary/aromatic N) is 1. The number of rotatable bonds is 5. The Bertz CT molecular complexity index is 759. The van der Waals surface area contributed by atoms with Gasteiger partial charge in [-0.25, -0.2) is 0 Å². The molecule has 1 aliphatic carbocycles. The highest BCUT2D eigenvalue weighted by Gasteiger charge is 2.33. The molecule has 2 amide bonds. The highest BCUT2D eigenvalue weighted by atomic mass is 16.5. The van der Waals surface area contributed by atoms with Crippen LogP contribution >= 0.6 is 0 Å². The Morgan fingerprint density at radius 3 is 2.68 bits per heavy atom. The summed E-state index contributed by atoms with van der Waals surface area (Å²) in [5.41, 5.74) is 2.51. The van der Waals surface area contributed by atoms with E-state index in [0.29, 0.717) is 6.54 Å². The standard InChI is InChI=1S/C22H28N2O4/c25-14-20-19(23-22(27)16-6-3-7-16)9-8-18(28-20)12-21(26)24-11-10-15-4-1-2-5-17(15)13-24/h1-2,4-5,8-9,16,18-20,25H,3,6-7,10-14H2,(H,23,27)/t18-,19+,20+/m1/s1. The van der Waals surface area contributed by atoms with E-state index in [9.17, 15) is 14.7 Å². The highest BCUT2D eigenvalue weighted by molar-refractivity contribution is 5.80. The van der Waals surface area contributed by atoms with Gasteiger partial charge in [-0.05, 0) is 30.4 Å². The average molecular weight is 384 g/mol. The van der Waals surface area contributed by atoms with Gasteiger partial charge in [-0.1, -0.05) is 42.8 Å². The third-order valence-corrected chi connectivity index (χ3v) is 6.11. The van der Waals surface area contributed by atoms with Gasteiger partial charge < -0.3 is 20.1 Å². The second-order valence-electron chi connectivity index (χ2n) is 7.98. The lowest BCUT2D eigenvalue weighted by molar-refractivity contribution is -0.138. The lowest BCUT2D eigenvalue weighted by Gasteiger charge is -2.35. The van der Waals surface area contributed by atoms with Crippen LogP contribution in [0.1, 0.15) is 36.8 Å². The predicted molar refractivity (Wildman–Crippen MR) is 104 cm³/mol. The van der Waals surface area contributed by atoms with Crippen molar-refractivity contribution in [1.82, 2.24) is 10.2 Å². The minimum atomic E-state index is -0.520. The van der Waals surface area contributed by atoms with Crippen molar-refractivity contribution in [2.75, 3.05) is 13.2 Å².